The number of thioether (sulfide) groups is 1. The summed E-state index contributed by atoms with van der Waals surface area (Å²) in [6.45, 7) is 7.81. The van der Waals surface area contributed by atoms with Crippen LogP contribution in [0, 0.1) is 3.95 Å². The van der Waals surface area contributed by atoms with Crippen molar-refractivity contribution in [2.75, 3.05) is 25.6 Å². The Bertz CT molecular complexity index is 410. The molecule has 0 spiro atoms. The molecule has 0 saturated carbocycles. The maximum atomic E-state index is 5.82. The maximum absolute atomic E-state index is 5.82. The Kier molecular flexibility index (Phi) is 9.17. The summed E-state index contributed by atoms with van der Waals surface area (Å²) < 4.78 is 19.1. The molecule has 0 aromatic carbocycles. The number of aromatic nitrogens is 2. The number of aromatic amines is 1. The molecule has 1 rings (SSSR count). The van der Waals surface area contributed by atoms with Crippen LogP contribution in [0.5, 0.6) is 0 Å². The zero-order valence-electron chi connectivity index (χ0n) is 12.1. The molecular weight excluding hydrogens is 332 g/mol. The van der Waals surface area contributed by atoms with E-state index < -0.39 is 8.80 Å². The second kappa shape index (κ2) is 10.0. The highest BCUT2D eigenvalue weighted by Crippen LogP contribution is 2.24. The Balaban J connectivity index is 2.42. The summed E-state index contributed by atoms with van der Waals surface area (Å²) in [5.74, 6) is 0.956. The maximum Gasteiger partial charge on any atom is 0.500 e. The second-order valence-corrected chi connectivity index (χ2v) is 9.55. The number of hydrogen-bond donors (Lipinski definition) is 1. The normalized spacial score (nSPS) is 11.9. The Morgan fingerprint density at radius 2 is 1.80 bits per heavy atom. The van der Waals surface area contributed by atoms with Crippen molar-refractivity contribution in [2.45, 2.75) is 37.6 Å². The zero-order chi connectivity index (χ0) is 14.8. The SMILES string of the molecule is CCO[Si](CCCSc1n[nH]c(=S)s1)(OCC)OCC. The van der Waals surface area contributed by atoms with Gasteiger partial charge in [0, 0.05) is 31.6 Å². The van der Waals surface area contributed by atoms with E-state index in [9.17, 15) is 0 Å². The third kappa shape index (κ3) is 6.33. The van der Waals surface area contributed by atoms with Gasteiger partial charge < -0.3 is 13.3 Å². The van der Waals surface area contributed by atoms with Crippen LogP contribution in [0.3, 0.4) is 0 Å². The van der Waals surface area contributed by atoms with Crippen molar-refractivity contribution in [3.63, 3.8) is 0 Å². The Morgan fingerprint density at radius 3 is 2.25 bits per heavy atom. The van der Waals surface area contributed by atoms with Crippen LogP contribution in [-0.2, 0) is 13.3 Å². The first-order chi connectivity index (χ1) is 9.65. The molecule has 0 unspecified atom stereocenters. The molecule has 1 aromatic rings. The van der Waals surface area contributed by atoms with Gasteiger partial charge in [-0.3, -0.25) is 5.10 Å². The molecule has 0 amide bonds. The molecule has 1 N–H and O–H groups in total. The van der Waals surface area contributed by atoms with E-state index in [1.807, 2.05) is 20.8 Å². The Morgan fingerprint density at radius 1 is 1.20 bits per heavy atom. The molecule has 0 atom stereocenters. The lowest BCUT2D eigenvalue weighted by molar-refractivity contribution is 0.0712. The second-order valence-electron chi connectivity index (χ2n) is 3.81. The topological polar surface area (TPSA) is 56.4 Å². The molecule has 0 bridgehead atoms. The van der Waals surface area contributed by atoms with Gasteiger partial charge in [0.05, 0.1) is 0 Å². The number of nitrogens with one attached hydrogen (secondary N) is 1. The molecule has 0 aliphatic heterocycles. The predicted octanol–water partition coefficient (Wildman–Crippen LogP) is 3.73. The molecule has 0 radical (unpaired) electrons. The average Bonchev–Trinajstić information content (AvgIpc) is 2.82. The van der Waals surface area contributed by atoms with Gasteiger partial charge in [0.1, 0.15) is 0 Å². The lowest BCUT2D eigenvalue weighted by atomic mass is 10.6. The minimum Gasteiger partial charge on any atom is -0.374 e. The number of nitrogens with zero attached hydrogens (tertiary/aromatic N) is 1. The molecule has 0 aliphatic carbocycles. The minimum absolute atomic E-state index is 0.625. The van der Waals surface area contributed by atoms with E-state index in [2.05, 4.69) is 10.2 Å². The Hall–Kier alpha value is 0.227. The molecule has 1 aromatic heterocycles. The first-order valence-corrected chi connectivity index (χ1v) is 10.9. The lowest BCUT2D eigenvalue weighted by Crippen LogP contribution is -2.46. The molecule has 0 saturated heterocycles. The number of hydrogen-bond acceptors (Lipinski definition) is 7. The molecule has 5 nitrogen and oxygen atoms in total. The van der Waals surface area contributed by atoms with E-state index in [4.69, 9.17) is 25.5 Å². The van der Waals surface area contributed by atoms with Crippen molar-refractivity contribution in [3.05, 3.63) is 3.95 Å². The van der Waals surface area contributed by atoms with Crippen LogP contribution in [0.4, 0.5) is 0 Å². The van der Waals surface area contributed by atoms with E-state index in [1.54, 1.807) is 11.8 Å². The van der Waals surface area contributed by atoms with Crippen LogP contribution in [0.2, 0.25) is 6.04 Å². The van der Waals surface area contributed by atoms with Crippen molar-refractivity contribution in [1.29, 1.82) is 0 Å². The van der Waals surface area contributed by atoms with Gasteiger partial charge in [0.2, 0.25) is 0 Å². The first-order valence-electron chi connectivity index (χ1n) is 6.76. The first kappa shape index (κ1) is 18.3. The highest BCUT2D eigenvalue weighted by atomic mass is 32.2. The van der Waals surface area contributed by atoms with Crippen LogP contribution in [0.25, 0.3) is 0 Å². The van der Waals surface area contributed by atoms with Gasteiger partial charge in [-0.25, -0.2) is 0 Å². The van der Waals surface area contributed by atoms with Gasteiger partial charge in [0.15, 0.2) is 8.29 Å². The van der Waals surface area contributed by atoms with Crippen molar-refractivity contribution >= 4 is 44.1 Å². The van der Waals surface area contributed by atoms with Gasteiger partial charge in [-0.2, -0.15) is 5.10 Å². The van der Waals surface area contributed by atoms with E-state index in [-0.39, 0.29) is 0 Å². The minimum atomic E-state index is -2.49. The molecule has 0 aliphatic rings. The summed E-state index contributed by atoms with van der Waals surface area (Å²) in [5.41, 5.74) is 0. The van der Waals surface area contributed by atoms with Gasteiger partial charge in [-0.05, 0) is 39.4 Å². The molecule has 9 heteroatoms. The average molecular weight is 355 g/mol. The molecule has 0 fully saturated rings. The third-order valence-electron chi connectivity index (χ3n) is 2.36. The van der Waals surface area contributed by atoms with Crippen LogP contribution in [0.1, 0.15) is 27.2 Å². The van der Waals surface area contributed by atoms with Crippen molar-refractivity contribution in [1.82, 2.24) is 10.2 Å². The summed E-state index contributed by atoms with van der Waals surface area (Å²) in [5, 5.41) is 6.91. The highest BCUT2D eigenvalue weighted by Gasteiger charge is 2.39. The Labute approximate surface area is 134 Å². The van der Waals surface area contributed by atoms with Gasteiger partial charge in [-0.15, -0.1) is 0 Å². The van der Waals surface area contributed by atoms with Crippen LogP contribution in [0.15, 0.2) is 4.34 Å². The quantitative estimate of drug-likeness (QED) is 0.283. The monoisotopic (exact) mass is 354 g/mol. The van der Waals surface area contributed by atoms with E-state index in [1.165, 1.54) is 11.3 Å². The van der Waals surface area contributed by atoms with Crippen molar-refractivity contribution in [2.24, 2.45) is 0 Å². The molecular formula is C11H22N2O3S3Si. The standard InChI is InChI=1S/C11H22N2O3S3Si/c1-4-14-20(15-5-2,16-6-3)9-7-8-18-11-13-12-10(17)19-11/h4-9H2,1-3H3,(H,12,17). The zero-order valence-corrected chi connectivity index (χ0v) is 15.6. The summed E-state index contributed by atoms with van der Waals surface area (Å²) in [6.07, 6.45) is 0.975. The molecule has 1 heterocycles. The van der Waals surface area contributed by atoms with E-state index in [0.29, 0.717) is 23.8 Å². The third-order valence-corrected chi connectivity index (χ3v) is 7.83. The van der Waals surface area contributed by atoms with Crippen molar-refractivity contribution < 1.29 is 13.3 Å². The fraction of sp³-hybridized carbons (Fsp3) is 0.818. The van der Waals surface area contributed by atoms with Crippen LogP contribution < -0.4 is 0 Å². The van der Waals surface area contributed by atoms with Crippen LogP contribution in [-0.4, -0.2) is 44.6 Å². The van der Waals surface area contributed by atoms with Crippen LogP contribution >= 0.6 is 35.3 Å². The highest BCUT2D eigenvalue weighted by molar-refractivity contribution is 8.01. The fourth-order valence-electron chi connectivity index (χ4n) is 1.73. The smallest absolute Gasteiger partial charge is 0.374 e. The summed E-state index contributed by atoms with van der Waals surface area (Å²) in [6, 6.07) is 0.839. The summed E-state index contributed by atoms with van der Waals surface area (Å²) in [4.78, 5) is 0. The molecule has 20 heavy (non-hydrogen) atoms. The lowest BCUT2D eigenvalue weighted by Gasteiger charge is -2.28. The number of H-pyrrole nitrogens is 1. The van der Waals surface area contributed by atoms with E-state index in [0.717, 1.165) is 22.6 Å². The largest absolute Gasteiger partial charge is 0.500 e. The molecule has 116 valence electrons. The summed E-state index contributed by atoms with van der Waals surface area (Å²) in [7, 11) is -2.49. The number of rotatable bonds is 11. The van der Waals surface area contributed by atoms with Gasteiger partial charge in [0.25, 0.3) is 0 Å². The van der Waals surface area contributed by atoms with Gasteiger partial charge in [-0.1, -0.05) is 23.1 Å². The fourth-order valence-corrected chi connectivity index (χ4v) is 6.69. The van der Waals surface area contributed by atoms with E-state index >= 15 is 0 Å². The predicted molar refractivity (Wildman–Crippen MR) is 88.1 cm³/mol. The van der Waals surface area contributed by atoms with Gasteiger partial charge >= 0.3 is 8.80 Å². The van der Waals surface area contributed by atoms with Crippen molar-refractivity contribution in [3.8, 4) is 0 Å². The summed E-state index contributed by atoms with van der Waals surface area (Å²) >= 11 is 8.21.